The second kappa shape index (κ2) is 28.2. The minimum Gasteiger partial charge on any atom is -0.475 e. The summed E-state index contributed by atoms with van der Waals surface area (Å²) in [6, 6.07) is 14.6. The van der Waals surface area contributed by atoms with Crippen LogP contribution in [0.2, 0.25) is 0 Å². The van der Waals surface area contributed by atoms with Crippen molar-refractivity contribution in [1.82, 2.24) is 25.8 Å². The normalized spacial score (nSPS) is 17.5. The van der Waals surface area contributed by atoms with Crippen molar-refractivity contribution >= 4 is 41.6 Å². The Bertz CT molecular complexity index is 1950. The number of aliphatic carboxylic acids is 1. The van der Waals surface area contributed by atoms with Crippen LogP contribution in [-0.2, 0) is 44.6 Å². The van der Waals surface area contributed by atoms with E-state index in [9.17, 15) is 37.1 Å². The molecule has 1 saturated heterocycles. The van der Waals surface area contributed by atoms with E-state index in [1.807, 2.05) is 108 Å². The van der Waals surface area contributed by atoms with Gasteiger partial charge in [-0.25, -0.2) is 9.59 Å². The molecule has 4 N–H and O–H groups in total. The lowest BCUT2D eigenvalue weighted by atomic mass is 9.89. The molecule has 0 radical (unpaired) electrons. The number of carboxylic acids is 1. The molecule has 1 aliphatic rings. The third-order valence-corrected chi connectivity index (χ3v) is 12.5. The number of hydrogen-bond donors (Lipinski definition) is 4. The van der Waals surface area contributed by atoms with E-state index < -0.39 is 54.4 Å². The minimum absolute atomic E-state index is 0.0229. The van der Waals surface area contributed by atoms with E-state index in [-0.39, 0.29) is 59.9 Å². The highest BCUT2D eigenvalue weighted by Crippen LogP contribution is 2.30. The highest BCUT2D eigenvalue weighted by Gasteiger charge is 2.43. The first-order chi connectivity index (χ1) is 32.0. The second-order valence-corrected chi connectivity index (χ2v) is 17.9. The molecule has 0 spiro atoms. The number of benzene rings is 2. The number of alkyl halides is 3. The molecule has 2 aromatic rings. The van der Waals surface area contributed by atoms with Gasteiger partial charge in [-0.15, -0.1) is 0 Å². The topological polar surface area (TPSA) is 193 Å². The number of nitrogens with zero attached hydrogens (tertiary/aromatic N) is 2. The van der Waals surface area contributed by atoms with Crippen molar-refractivity contribution < 1.29 is 61.3 Å². The van der Waals surface area contributed by atoms with Crippen LogP contribution in [0.5, 0.6) is 0 Å². The van der Waals surface area contributed by atoms with Crippen LogP contribution in [0.4, 0.5) is 13.2 Å². The molecular formula is C50H74F3N5O10. The van der Waals surface area contributed by atoms with Crippen molar-refractivity contribution in [2.45, 2.75) is 129 Å². The fourth-order valence-corrected chi connectivity index (χ4v) is 8.47. The highest BCUT2D eigenvalue weighted by molar-refractivity contribution is 5.91. The lowest BCUT2D eigenvalue weighted by Gasteiger charge is -2.41. The smallest absolute Gasteiger partial charge is 0.475 e. The summed E-state index contributed by atoms with van der Waals surface area (Å²) < 4.78 is 48.7. The highest BCUT2D eigenvalue weighted by atomic mass is 19.4. The van der Waals surface area contributed by atoms with Crippen LogP contribution in [-0.4, -0.2) is 141 Å². The lowest BCUT2D eigenvalue weighted by Crippen LogP contribution is -2.59. The molecular weight excluding hydrogens is 888 g/mol. The molecule has 2 aromatic carbocycles. The Kier molecular flexibility index (Phi) is 24.4. The fourth-order valence-electron chi connectivity index (χ4n) is 8.47. The Morgan fingerprint density at radius 1 is 0.868 bits per heavy atom. The molecule has 0 saturated carbocycles. The number of hydrogen-bond acceptors (Lipinski definition) is 10. The summed E-state index contributed by atoms with van der Waals surface area (Å²) in [5.74, 6) is -4.78. The van der Waals surface area contributed by atoms with Gasteiger partial charge in [0.1, 0.15) is 6.04 Å². The monoisotopic (exact) mass is 962 g/mol. The minimum atomic E-state index is -5.08. The third-order valence-electron chi connectivity index (χ3n) is 12.5. The van der Waals surface area contributed by atoms with Gasteiger partial charge in [0.15, 0.2) is 0 Å². The van der Waals surface area contributed by atoms with Gasteiger partial charge >= 0.3 is 18.1 Å². The standard InChI is InChI=1S/C48H73N5O8.C2HF3O2/c1-13-32(6)43(52(9)47(57)42(31(4)5)51-46(56)41(49-8)30(2)3)39(59-10)29-40(54)53-27-17-20-38(53)44(60-11)33(7)45(55)50-37(28-35-18-15-14-16-19-35)26-23-34-21-24-36(25-22-34)48(58)61-12;3-2(4,5)1(6)7/h14-16,18-19,21-26,30-33,37-39,41-44,49H,13,17,20,27-29H2,1-12H3,(H,50,55)(H,51,56);(H,6,7)/b26-23+;/t32-,33+,37+,38-,39+,41-,42-,43-,44+;/m0./s1. The average molecular weight is 962 g/mol. The van der Waals surface area contributed by atoms with Gasteiger partial charge in [-0.2, -0.15) is 13.2 Å². The van der Waals surface area contributed by atoms with E-state index in [0.29, 0.717) is 24.9 Å². The first-order valence-corrected chi connectivity index (χ1v) is 23.1. The van der Waals surface area contributed by atoms with Crippen LogP contribution in [0.15, 0.2) is 60.7 Å². The maximum Gasteiger partial charge on any atom is 0.490 e. The number of carbonyl (C=O) groups is 6. The van der Waals surface area contributed by atoms with Gasteiger partial charge < -0.3 is 45.1 Å². The molecule has 0 aliphatic carbocycles. The molecule has 9 atom stereocenters. The molecule has 1 aliphatic heterocycles. The van der Waals surface area contributed by atoms with E-state index in [2.05, 4.69) is 16.0 Å². The van der Waals surface area contributed by atoms with Crippen LogP contribution in [0, 0.1) is 23.7 Å². The van der Waals surface area contributed by atoms with E-state index in [1.54, 1.807) is 45.3 Å². The number of halogens is 3. The van der Waals surface area contributed by atoms with Crippen LogP contribution < -0.4 is 16.0 Å². The molecule has 0 unspecified atom stereocenters. The van der Waals surface area contributed by atoms with Gasteiger partial charge in [-0.1, -0.05) is 110 Å². The van der Waals surface area contributed by atoms with E-state index in [4.69, 9.17) is 24.1 Å². The lowest BCUT2D eigenvalue weighted by molar-refractivity contribution is -0.192. The molecule has 4 amide bonds. The summed E-state index contributed by atoms with van der Waals surface area (Å²) in [6.07, 6.45) is 0.284. The van der Waals surface area contributed by atoms with Crippen molar-refractivity contribution in [2.75, 3.05) is 42.0 Å². The van der Waals surface area contributed by atoms with Crippen molar-refractivity contribution in [1.29, 1.82) is 0 Å². The SMILES string of the molecule is CC[C@H](C)[C@@H]([C@@H](CC(=O)N1CCC[C@H]1[C@H](OC)[C@@H](C)C(=O)N[C@H](/C=C/c1ccc(C(=O)OC)cc1)Cc1ccccc1)OC)N(C)C(=O)[C@@H](NC(=O)[C@@H](NC)C(C)C)C(C)C.O=C(O)C(F)(F)F. The fraction of sp³-hybridized carbons (Fsp3) is 0.600. The van der Waals surface area contributed by atoms with Crippen molar-refractivity contribution in [3.63, 3.8) is 0 Å². The van der Waals surface area contributed by atoms with Crippen LogP contribution in [0.3, 0.4) is 0 Å². The Morgan fingerprint density at radius 2 is 1.46 bits per heavy atom. The molecule has 380 valence electrons. The van der Waals surface area contributed by atoms with E-state index in [0.717, 1.165) is 24.0 Å². The molecule has 0 bridgehead atoms. The van der Waals surface area contributed by atoms with Crippen LogP contribution in [0.25, 0.3) is 6.08 Å². The molecule has 0 aromatic heterocycles. The number of likely N-dealkylation sites (tertiary alicyclic amines) is 1. The predicted octanol–water partition coefficient (Wildman–Crippen LogP) is 6.15. The quantitative estimate of drug-likeness (QED) is 0.0934. The number of likely N-dealkylation sites (N-methyl/N-ethyl adjacent to an activating group) is 2. The zero-order valence-electron chi connectivity index (χ0n) is 41.6. The second-order valence-electron chi connectivity index (χ2n) is 17.9. The van der Waals surface area contributed by atoms with Crippen molar-refractivity contribution in [2.24, 2.45) is 23.7 Å². The molecule has 1 fully saturated rings. The number of methoxy groups -OCH3 is 3. The number of nitrogens with one attached hydrogen (secondary N) is 3. The Morgan fingerprint density at radius 3 is 1.94 bits per heavy atom. The molecule has 15 nitrogen and oxygen atoms in total. The molecule has 18 heteroatoms. The summed E-state index contributed by atoms with van der Waals surface area (Å²) in [6.45, 7) is 14.2. The Balaban J connectivity index is 0.00000209. The molecule has 3 rings (SSSR count). The van der Waals surface area contributed by atoms with Crippen molar-refractivity contribution in [3.05, 3.63) is 77.4 Å². The number of carbonyl (C=O) groups excluding carboxylic acids is 5. The Labute approximate surface area is 399 Å². The third kappa shape index (κ3) is 17.3. The summed E-state index contributed by atoms with van der Waals surface area (Å²) in [5.41, 5.74) is 2.36. The van der Waals surface area contributed by atoms with Gasteiger partial charge in [0.05, 0.1) is 61.4 Å². The average Bonchev–Trinajstić information content (AvgIpc) is 3.79. The predicted molar refractivity (Wildman–Crippen MR) is 253 cm³/mol. The van der Waals surface area contributed by atoms with E-state index >= 15 is 0 Å². The number of esters is 1. The van der Waals surface area contributed by atoms with Gasteiger partial charge in [-0.05, 0) is 67.3 Å². The molecule has 68 heavy (non-hydrogen) atoms. The maximum atomic E-state index is 14.4. The number of rotatable bonds is 23. The first kappa shape index (κ1) is 58.8. The summed E-state index contributed by atoms with van der Waals surface area (Å²) >= 11 is 0. The number of carboxylic acid groups (broad SMARTS) is 1. The number of amides is 4. The first-order valence-electron chi connectivity index (χ1n) is 23.1. The van der Waals surface area contributed by atoms with Gasteiger partial charge in [0, 0.05) is 27.8 Å². The summed E-state index contributed by atoms with van der Waals surface area (Å²) in [7, 11) is 7.96. The summed E-state index contributed by atoms with van der Waals surface area (Å²) in [4.78, 5) is 80.3. The Hall–Kier alpha value is -5.33. The summed E-state index contributed by atoms with van der Waals surface area (Å²) in [5, 5.41) is 16.4. The molecule has 1 heterocycles. The largest absolute Gasteiger partial charge is 0.490 e. The zero-order valence-corrected chi connectivity index (χ0v) is 41.6. The maximum absolute atomic E-state index is 14.4. The van der Waals surface area contributed by atoms with Crippen LogP contribution in [0.1, 0.15) is 95.6 Å². The van der Waals surface area contributed by atoms with Crippen molar-refractivity contribution in [3.8, 4) is 0 Å². The van der Waals surface area contributed by atoms with Gasteiger partial charge in [0.25, 0.3) is 0 Å². The number of ether oxygens (including phenoxy) is 3. The zero-order chi connectivity index (χ0) is 51.5. The van der Waals surface area contributed by atoms with Crippen LogP contribution >= 0.6 is 0 Å². The van der Waals surface area contributed by atoms with Gasteiger partial charge in [0.2, 0.25) is 23.6 Å². The van der Waals surface area contributed by atoms with E-state index in [1.165, 1.54) is 7.11 Å². The van der Waals surface area contributed by atoms with Gasteiger partial charge in [-0.3, -0.25) is 19.2 Å².